The van der Waals surface area contributed by atoms with Gasteiger partial charge in [-0.25, -0.2) is 18.4 Å². The molecule has 0 radical (unpaired) electrons. The number of aliphatic imine (C=N–C) groups is 1. The zero-order valence-corrected chi connectivity index (χ0v) is 18.7. The summed E-state index contributed by atoms with van der Waals surface area (Å²) in [6.45, 7) is 0.515. The van der Waals surface area contributed by atoms with Gasteiger partial charge in [0.2, 0.25) is 16.0 Å². The molecule has 2 atom stereocenters. The lowest BCUT2D eigenvalue weighted by Gasteiger charge is -2.35. The Morgan fingerprint density at radius 3 is 2.69 bits per heavy atom. The second-order valence-electron chi connectivity index (χ2n) is 7.92. The highest BCUT2D eigenvalue weighted by Crippen LogP contribution is 2.47. The smallest absolute Gasteiger partial charge is 0.243 e. The Morgan fingerprint density at radius 2 is 1.91 bits per heavy atom. The summed E-state index contributed by atoms with van der Waals surface area (Å²) in [5.74, 6) is 0.0367. The number of benzene rings is 2. The zero-order valence-electron chi connectivity index (χ0n) is 17.1. The van der Waals surface area contributed by atoms with Gasteiger partial charge >= 0.3 is 0 Å². The molecule has 2 aliphatic heterocycles. The van der Waals surface area contributed by atoms with E-state index in [-0.39, 0.29) is 17.4 Å². The molecule has 32 heavy (non-hydrogen) atoms. The van der Waals surface area contributed by atoms with Crippen LogP contribution in [0.1, 0.15) is 5.56 Å². The molecule has 0 saturated carbocycles. The standard InChI is InChI=1S/C23H21FN4O2S2/c24-21-20(10-5-11-26-21)16-6-4-7-17(12-16)23-15-28(13-18(23)14-31-22(25)27-23)32(29,30)19-8-2-1-3-9-19/h1-12,18H,13-15H2,(H2,25,27)/t18-,23+/m0/s1. The predicted molar refractivity (Wildman–Crippen MR) is 124 cm³/mol. The van der Waals surface area contributed by atoms with Crippen LogP contribution in [-0.2, 0) is 15.6 Å². The minimum Gasteiger partial charge on any atom is -0.379 e. The minimum atomic E-state index is -3.69. The average molecular weight is 469 g/mol. The van der Waals surface area contributed by atoms with Crippen LogP contribution < -0.4 is 5.73 Å². The van der Waals surface area contributed by atoms with E-state index in [1.807, 2.05) is 24.3 Å². The number of sulfonamides is 1. The first-order valence-corrected chi connectivity index (χ1v) is 12.6. The van der Waals surface area contributed by atoms with Crippen LogP contribution in [0.2, 0.25) is 0 Å². The van der Waals surface area contributed by atoms with E-state index in [0.29, 0.717) is 28.6 Å². The van der Waals surface area contributed by atoms with Gasteiger partial charge in [0, 0.05) is 36.5 Å². The van der Waals surface area contributed by atoms with E-state index in [0.717, 1.165) is 5.56 Å². The van der Waals surface area contributed by atoms with Gasteiger partial charge < -0.3 is 5.73 Å². The van der Waals surface area contributed by atoms with Gasteiger partial charge in [-0.15, -0.1) is 0 Å². The third kappa shape index (κ3) is 3.50. The van der Waals surface area contributed by atoms with Gasteiger partial charge in [0.1, 0.15) is 5.54 Å². The number of pyridine rings is 1. The van der Waals surface area contributed by atoms with Crippen molar-refractivity contribution in [1.82, 2.24) is 9.29 Å². The van der Waals surface area contributed by atoms with Crippen molar-refractivity contribution < 1.29 is 12.8 Å². The summed E-state index contributed by atoms with van der Waals surface area (Å²) in [6, 6.07) is 19.2. The third-order valence-corrected chi connectivity index (χ3v) is 8.85. The van der Waals surface area contributed by atoms with Crippen LogP contribution in [-0.4, -0.2) is 41.7 Å². The maximum absolute atomic E-state index is 14.3. The van der Waals surface area contributed by atoms with Crippen molar-refractivity contribution >= 4 is 27.0 Å². The predicted octanol–water partition coefficient (Wildman–Crippen LogP) is 3.47. The molecule has 164 valence electrons. The molecule has 0 aliphatic carbocycles. The van der Waals surface area contributed by atoms with Crippen molar-refractivity contribution in [2.45, 2.75) is 10.4 Å². The monoisotopic (exact) mass is 468 g/mol. The highest BCUT2D eigenvalue weighted by Gasteiger charge is 2.53. The molecule has 5 rings (SSSR count). The molecule has 9 heteroatoms. The first-order chi connectivity index (χ1) is 15.4. The van der Waals surface area contributed by atoms with Crippen molar-refractivity contribution in [3.63, 3.8) is 0 Å². The first-order valence-electron chi connectivity index (χ1n) is 10.1. The van der Waals surface area contributed by atoms with E-state index in [2.05, 4.69) is 4.98 Å². The van der Waals surface area contributed by atoms with Crippen molar-refractivity contribution in [2.24, 2.45) is 16.6 Å². The number of amidine groups is 1. The molecule has 0 bridgehead atoms. The lowest BCUT2D eigenvalue weighted by atomic mass is 9.81. The number of hydrogen-bond donors (Lipinski definition) is 1. The quantitative estimate of drug-likeness (QED) is 0.593. The zero-order chi connectivity index (χ0) is 22.3. The van der Waals surface area contributed by atoms with Crippen LogP contribution in [0.25, 0.3) is 11.1 Å². The Kier molecular flexibility index (Phi) is 5.27. The maximum atomic E-state index is 14.3. The van der Waals surface area contributed by atoms with E-state index < -0.39 is 21.5 Å². The van der Waals surface area contributed by atoms with Crippen molar-refractivity contribution in [3.05, 3.63) is 84.4 Å². The molecule has 2 aromatic carbocycles. The molecular weight excluding hydrogens is 447 g/mol. The van der Waals surface area contributed by atoms with Gasteiger partial charge in [-0.05, 0) is 41.5 Å². The normalized spacial score (nSPS) is 23.5. The number of rotatable bonds is 4. The molecule has 1 saturated heterocycles. The van der Waals surface area contributed by atoms with E-state index in [4.69, 9.17) is 10.7 Å². The summed E-state index contributed by atoms with van der Waals surface area (Å²) in [7, 11) is -3.69. The number of hydrogen-bond acceptors (Lipinski definition) is 6. The Hall–Kier alpha value is -2.75. The number of fused-ring (bicyclic) bond motifs is 1. The highest BCUT2D eigenvalue weighted by molar-refractivity contribution is 8.13. The fourth-order valence-corrected chi connectivity index (χ4v) is 6.99. The number of aromatic nitrogens is 1. The van der Waals surface area contributed by atoms with Crippen LogP contribution in [0.15, 0.2) is 82.8 Å². The van der Waals surface area contributed by atoms with E-state index in [1.54, 1.807) is 42.5 Å². The number of thioether (sulfide) groups is 1. The first kappa shape index (κ1) is 21.1. The van der Waals surface area contributed by atoms with E-state index in [9.17, 15) is 12.8 Å². The fourth-order valence-electron chi connectivity index (χ4n) is 4.46. The molecule has 0 unspecified atom stereocenters. The minimum absolute atomic E-state index is 0.0627. The summed E-state index contributed by atoms with van der Waals surface area (Å²) in [4.78, 5) is 8.80. The van der Waals surface area contributed by atoms with Gasteiger partial charge in [0.25, 0.3) is 0 Å². The summed E-state index contributed by atoms with van der Waals surface area (Å²) < 4.78 is 42.5. The van der Waals surface area contributed by atoms with Crippen LogP contribution >= 0.6 is 11.8 Å². The van der Waals surface area contributed by atoms with Crippen LogP contribution in [0, 0.1) is 11.9 Å². The van der Waals surface area contributed by atoms with Crippen molar-refractivity contribution in [1.29, 1.82) is 0 Å². The Morgan fingerprint density at radius 1 is 1.09 bits per heavy atom. The van der Waals surface area contributed by atoms with Crippen LogP contribution in [0.3, 0.4) is 0 Å². The van der Waals surface area contributed by atoms with Crippen LogP contribution in [0.4, 0.5) is 4.39 Å². The second-order valence-corrected chi connectivity index (χ2v) is 10.9. The average Bonchev–Trinajstić information content (AvgIpc) is 3.21. The van der Waals surface area contributed by atoms with Gasteiger partial charge in [0.05, 0.1) is 4.90 Å². The van der Waals surface area contributed by atoms with Gasteiger partial charge in [-0.3, -0.25) is 0 Å². The highest BCUT2D eigenvalue weighted by atomic mass is 32.2. The van der Waals surface area contributed by atoms with Crippen LogP contribution in [0.5, 0.6) is 0 Å². The summed E-state index contributed by atoms with van der Waals surface area (Å²) >= 11 is 1.44. The molecule has 1 fully saturated rings. The number of nitrogens with zero attached hydrogens (tertiary/aromatic N) is 3. The van der Waals surface area contributed by atoms with E-state index >= 15 is 0 Å². The Balaban J connectivity index is 1.59. The topological polar surface area (TPSA) is 88.7 Å². The largest absolute Gasteiger partial charge is 0.379 e. The lowest BCUT2D eigenvalue weighted by Crippen LogP contribution is -2.40. The Bertz CT molecular complexity index is 1300. The molecule has 2 aliphatic rings. The fraction of sp³-hybridized carbons (Fsp3) is 0.217. The van der Waals surface area contributed by atoms with Gasteiger partial charge in [-0.2, -0.15) is 8.70 Å². The second kappa shape index (κ2) is 7.99. The lowest BCUT2D eigenvalue weighted by molar-refractivity contribution is 0.382. The number of halogens is 1. The SMILES string of the molecule is NC1=N[C@@]2(c3cccc(-c4cccnc4F)c3)CN(S(=O)(=O)c3ccccc3)C[C@H]2CS1. The summed E-state index contributed by atoms with van der Waals surface area (Å²) in [5, 5.41) is 0.429. The Labute approximate surface area is 190 Å². The molecular formula is C23H21FN4O2S2. The molecule has 0 spiro atoms. The molecule has 2 N–H and O–H groups in total. The molecule has 6 nitrogen and oxygen atoms in total. The number of nitrogens with two attached hydrogens (primary N) is 1. The molecule has 3 aromatic rings. The van der Waals surface area contributed by atoms with Crippen molar-refractivity contribution in [2.75, 3.05) is 18.8 Å². The maximum Gasteiger partial charge on any atom is 0.243 e. The summed E-state index contributed by atoms with van der Waals surface area (Å²) in [6.07, 6.45) is 1.41. The molecule has 0 amide bonds. The molecule has 3 heterocycles. The van der Waals surface area contributed by atoms with Gasteiger partial charge in [-0.1, -0.05) is 48.2 Å². The van der Waals surface area contributed by atoms with E-state index in [1.165, 1.54) is 22.3 Å². The van der Waals surface area contributed by atoms with Crippen molar-refractivity contribution in [3.8, 4) is 11.1 Å². The third-order valence-electron chi connectivity index (χ3n) is 6.07. The molecule has 1 aromatic heterocycles. The summed E-state index contributed by atoms with van der Waals surface area (Å²) in [5.41, 5.74) is 7.17. The van der Waals surface area contributed by atoms with Gasteiger partial charge in [0.15, 0.2) is 5.17 Å².